The first-order chi connectivity index (χ1) is 5.10. The van der Waals surface area contributed by atoms with E-state index in [0.717, 1.165) is 6.42 Å². The van der Waals surface area contributed by atoms with Crippen LogP contribution in [-0.4, -0.2) is 12.6 Å². The van der Waals surface area contributed by atoms with Gasteiger partial charge in [0.15, 0.2) is 0 Å². The van der Waals surface area contributed by atoms with Crippen LogP contribution in [0.3, 0.4) is 0 Å². The molecule has 0 radical (unpaired) electrons. The van der Waals surface area contributed by atoms with Crippen molar-refractivity contribution in [2.24, 2.45) is 5.41 Å². The van der Waals surface area contributed by atoms with Gasteiger partial charge in [0.1, 0.15) is 0 Å². The summed E-state index contributed by atoms with van der Waals surface area (Å²) < 4.78 is 4.88. The van der Waals surface area contributed by atoms with Crippen molar-refractivity contribution in [1.29, 1.82) is 0 Å². The minimum absolute atomic E-state index is 0.183. The second-order valence-electron chi connectivity index (χ2n) is 2.70. The van der Waals surface area contributed by atoms with Gasteiger partial charge in [0.05, 0.1) is 12.0 Å². The number of carbonyl (C=O) groups excluding carboxylic acids is 1. The van der Waals surface area contributed by atoms with E-state index in [0.29, 0.717) is 6.61 Å². The fourth-order valence-electron chi connectivity index (χ4n) is 0.668. The number of rotatable bonds is 4. The standard InChI is InChI=1S/C9H16O2/c1-5-9(4,6-2)8(10)11-7-3/h5H,1,6-7H2,2-4H3. The maximum atomic E-state index is 11.2. The summed E-state index contributed by atoms with van der Waals surface area (Å²) in [7, 11) is 0. The number of carbonyl (C=O) groups is 1. The summed E-state index contributed by atoms with van der Waals surface area (Å²) in [6.45, 7) is 9.62. The fraction of sp³-hybridized carbons (Fsp3) is 0.667. The van der Waals surface area contributed by atoms with E-state index < -0.39 is 5.41 Å². The van der Waals surface area contributed by atoms with Gasteiger partial charge in [-0.3, -0.25) is 4.79 Å². The van der Waals surface area contributed by atoms with E-state index >= 15 is 0 Å². The molecule has 0 fully saturated rings. The molecular weight excluding hydrogens is 140 g/mol. The van der Waals surface area contributed by atoms with Gasteiger partial charge in [0, 0.05) is 0 Å². The van der Waals surface area contributed by atoms with Crippen LogP contribution in [0.25, 0.3) is 0 Å². The average molecular weight is 156 g/mol. The molecule has 1 atom stereocenters. The van der Waals surface area contributed by atoms with Crippen LogP contribution >= 0.6 is 0 Å². The molecule has 0 amide bonds. The van der Waals surface area contributed by atoms with Crippen molar-refractivity contribution in [2.45, 2.75) is 27.2 Å². The molecule has 0 aliphatic rings. The largest absolute Gasteiger partial charge is 0.465 e. The van der Waals surface area contributed by atoms with E-state index in [1.54, 1.807) is 13.0 Å². The van der Waals surface area contributed by atoms with Crippen LogP contribution in [-0.2, 0) is 9.53 Å². The molecule has 64 valence electrons. The van der Waals surface area contributed by atoms with Crippen molar-refractivity contribution in [2.75, 3.05) is 6.61 Å². The van der Waals surface area contributed by atoms with Crippen LogP contribution in [0.1, 0.15) is 27.2 Å². The van der Waals surface area contributed by atoms with Gasteiger partial charge >= 0.3 is 5.97 Å². The van der Waals surface area contributed by atoms with E-state index in [-0.39, 0.29) is 5.97 Å². The van der Waals surface area contributed by atoms with Gasteiger partial charge in [-0.1, -0.05) is 13.0 Å². The Kier molecular flexibility index (Phi) is 3.86. The normalized spacial score (nSPS) is 15.2. The highest BCUT2D eigenvalue weighted by molar-refractivity contribution is 5.78. The highest BCUT2D eigenvalue weighted by Crippen LogP contribution is 2.23. The molecule has 2 nitrogen and oxygen atoms in total. The topological polar surface area (TPSA) is 26.3 Å². The van der Waals surface area contributed by atoms with Crippen LogP contribution in [0.5, 0.6) is 0 Å². The molecule has 0 bridgehead atoms. The lowest BCUT2D eigenvalue weighted by Crippen LogP contribution is -2.26. The van der Waals surface area contributed by atoms with Crippen molar-refractivity contribution in [3.63, 3.8) is 0 Å². The quantitative estimate of drug-likeness (QED) is 0.460. The van der Waals surface area contributed by atoms with Crippen LogP contribution in [0, 0.1) is 5.41 Å². The minimum atomic E-state index is -0.504. The SMILES string of the molecule is C=CC(C)(CC)C(=O)OCC. The summed E-state index contributed by atoms with van der Waals surface area (Å²) >= 11 is 0. The second-order valence-corrected chi connectivity index (χ2v) is 2.70. The third-order valence-corrected chi connectivity index (χ3v) is 1.93. The minimum Gasteiger partial charge on any atom is -0.465 e. The van der Waals surface area contributed by atoms with Gasteiger partial charge in [-0.15, -0.1) is 6.58 Å². The summed E-state index contributed by atoms with van der Waals surface area (Å²) in [6, 6.07) is 0. The molecule has 0 N–H and O–H groups in total. The summed E-state index contributed by atoms with van der Waals surface area (Å²) in [5.41, 5.74) is -0.504. The van der Waals surface area contributed by atoms with Gasteiger partial charge in [-0.25, -0.2) is 0 Å². The second kappa shape index (κ2) is 4.16. The smallest absolute Gasteiger partial charge is 0.315 e. The first kappa shape index (κ1) is 10.2. The zero-order valence-corrected chi connectivity index (χ0v) is 7.52. The molecule has 0 aromatic rings. The Hall–Kier alpha value is -0.790. The van der Waals surface area contributed by atoms with Gasteiger partial charge in [-0.05, 0) is 20.3 Å². The van der Waals surface area contributed by atoms with Crippen LogP contribution < -0.4 is 0 Å². The summed E-state index contributed by atoms with van der Waals surface area (Å²) in [4.78, 5) is 11.2. The molecule has 1 unspecified atom stereocenters. The first-order valence-electron chi connectivity index (χ1n) is 3.91. The lowest BCUT2D eigenvalue weighted by atomic mass is 9.88. The van der Waals surface area contributed by atoms with E-state index in [9.17, 15) is 4.79 Å². The van der Waals surface area contributed by atoms with Crippen molar-refractivity contribution in [1.82, 2.24) is 0 Å². The Morgan fingerprint density at radius 1 is 1.64 bits per heavy atom. The monoisotopic (exact) mass is 156 g/mol. The molecule has 0 aromatic heterocycles. The van der Waals surface area contributed by atoms with E-state index in [4.69, 9.17) is 4.74 Å². The summed E-state index contributed by atoms with van der Waals surface area (Å²) in [5, 5.41) is 0. The first-order valence-corrected chi connectivity index (χ1v) is 3.91. The molecule has 0 saturated heterocycles. The highest BCUT2D eigenvalue weighted by atomic mass is 16.5. The maximum absolute atomic E-state index is 11.2. The predicted octanol–water partition coefficient (Wildman–Crippen LogP) is 2.15. The Bertz CT molecular complexity index is 152. The molecule has 0 aromatic carbocycles. The molecule has 2 heteroatoms. The van der Waals surface area contributed by atoms with Crippen molar-refractivity contribution in [3.8, 4) is 0 Å². The summed E-state index contributed by atoms with van der Waals surface area (Å²) in [6.07, 6.45) is 2.38. The Balaban J connectivity index is 4.24. The maximum Gasteiger partial charge on any atom is 0.315 e. The Morgan fingerprint density at radius 2 is 2.18 bits per heavy atom. The van der Waals surface area contributed by atoms with Gasteiger partial charge in [-0.2, -0.15) is 0 Å². The van der Waals surface area contributed by atoms with Crippen molar-refractivity contribution in [3.05, 3.63) is 12.7 Å². The third-order valence-electron chi connectivity index (χ3n) is 1.93. The molecule has 0 aliphatic heterocycles. The zero-order chi connectivity index (χ0) is 8.91. The van der Waals surface area contributed by atoms with Gasteiger partial charge in [0.2, 0.25) is 0 Å². The van der Waals surface area contributed by atoms with E-state index in [1.807, 2.05) is 13.8 Å². The number of hydrogen-bond acceptors (Lipinski definition) is 2. The summed E-state index contributed by atoms with van der Waals surface area (Å²) in [5.74, 6) is -0.183. The van der Waals surface area contributed by atoms with E-state index in [2.05, 4.69) is 6.58 Å². The van der Waals surface area contributed by atoms with Gasteiger partial charge < -0.3 is 4.74 Å². The van der Waals surface area contributed by atoms with Gasteiger partial charge in [0.25, 0.3) is 0 Å². The molecular formula is C9H16O2. The molecule has 0 rings (SSSR count). The Labute approximate surface area is 68.2 Å². The van der Waals surface area contributed by atoms with Crippen LogP contribution in [0.2, 0.25) is 0 Å². The highest BCUT2D eigenvalue weighted by Gasteiger charge is 2.28. The zero-order valence-electron chi connectivity index (χ0n) is 7.52. The lowest BCUT2D eigenvalue weighted by molar-refractivity contribution is -0.151. The molecule has 0 saturated carbocycles. The molecule has 0 aliphatic carbocycles. The molecule has 0 heterocycles. The predicted molar refractivity (Wildman–Crippen MR) is 45.2 cm³/mol. The number of esters is 1. The van der Waals surface area contributed by atoms with Crippen LogP contribution in [0.4, 0.5) is 0 Å². The number of hydrogen-bond donors (Lipinski definition) is 0. The third kappa shape index (κ3) is 2.37. The van der Waals surface area contributed by atoms with Crippen LogP contribution in [0.15, 0.2) is 12.7 Å². The Morgan fingerprint density at radius 3 is 2.45 bits per heavy atom. The lowest BCUT2D eigenvalue weighted by Gasteiger charge is -2.20. The van der Waals surface area contributed by atoms with E-state index in [1.165, 1.54) is 0 Å². The molecule has 0 spiro atoms. The van der Waals surface area contributed by atoms with Crippen molar-refractivity contribution >= 4 is 5.97 Å². The van der Waals surface area contributed by atoms with Crippen molar-refractivity contribution < 1.29 is 9.53 Å². The molecule has 11 heavy (non-hydrogen) atoms. The average Bonchev–Trinajstić information content (AvgIpc) is 2.03. The fourth-order valence-corrected chi connectivity index (χ4v) is 0.668. The number of ether oxygens (including phenoxy) is 1.